The van der Waals surface area contributed by atoms with Crippen molar-refractivity contribution < 1.29 is 0 Å². The van der Waals surface area contributed by atoms with Crippen molar-refractivity contribution in [1.82, 2.24) is 0 Å². The van der Waals surface area contributed by atoms with Gasteiger partial charge in [-0.25, -0.2) is 0 Å². The van der Waals surface area contributed by atoms with Crippen LogP contribution in [0.1, 0.15) is 0 Å². The molecule has 0 bridgehead atoms. The van der Waals surface area contributed by atoms with E-state index in [-0.39, 0.29) is 0 Å². The molecule has 0 saturated heterocycles. The lowest BCUT2D eigenvalue weighted by Gasteiger charge is -2.03. The Morgan fingerprint density at radius 3 is 1.25 bits per heavy atom. The van der Waals surface area contributed by atoms with Crippen molar-refractivity contribution in [2.75, 3.05) is 0 Å². The highest BCUT2D eigenvalue weighted by Gasteiger charge is 2.11. The highest BCUT2D eigenvalue weighted by atomic mass is 28.1. The molecule has 0 amide bonds. The van der Waals surface area contributed by atoms with Gasteiger partial charge in [0.25, 0.3) is 0 Å². The van der Waals surface area contributed by atoms with Crippen LogP contribution in [-0.2, 0) is 0 Å². The Morgan fingerprint density at radius 1 is 1.00 bits per heavy atom. The highest BCUT2D eigenvalue weighted by Crippen LogP contribution is 2.13. The van der Waals surface area contributed by atoms with Crippen molar-refractivity contribution in [3.63, 3.8) is 0 Å². The zero-order valence-electron chi connectivity index (χ0n) is 4.23. The third kappa shape index (κ3) is 1.19. The average molecular weight is 115 g/mol. The zero-order chi connectivity index (χ0) is 6.62. The Morgan fingerprint density at radius 2 is 1.25 bits per heavy atom. The molecule has 0 aromatic heterocycles. The van der Waals surface area contributed by atoms with Gasteiger partial charge in [0.05, 0.1) is 10.2 Å². The van der Waals surface area contributed by atoms with Gasteiger partial charge in [0.15, 0.2) is 0 Å². The molecule has 0 atom stereocenters. The van der Waals surface area contributed by atoms with Crippen LogP contribution in [0.4, 0.5) is 0 Å². The van der Waals surface area contributed by atoms with Crippen LogP contribution in [0.5, 0.6) is 0 Å². The first-order chi connectivity index (χ1) is 3.68. The SMILES string of the molecule is C#CC([Si])(C#C)C#C. The van der Waals surface area contributed by atoms with Gasteiger partial charge < -0.3 is 0 Å². The van der Waals surface area contributed by atoms with E-state index in [9.17, 15) is 0 Å². The minimum Gasteiger partial charge on any atom is -0.118 e. The second-order valence-electron chi connectivity index (χ2n) is 1.18. The molecule has 0 nitrogen and oxygen atoms in total. The Hall–Kier alpha value is -1.10. The summed E-state index contributed by atoms with van der Waals surface area (Å²) >= 11 is 0. The van der Waals surface area contributed by atoms with Gasteiger partial charge in [0.2, 0.25) is 0 Å². The molecule has 3 radical (unpaired) electrons. The normalized spacial score (nSPS) is 8.25. The summed E-state index contributed by atoms with van der Waals surface area (Å²) in [5, 5.41) is -0.986. The Labute approximate surface area is 53.1 Å². The molecule has 8 heavy (non-hydrogen) atoms. The fourth-order valence-corrected chi connectivity index (χ4v) is 0.125. The van der Waals surface area contributed by atoms with Crippen molar-refractivity contribution in [3.05, 3.63) is 0 Å². The maximum Gasteiger partial charge on any atom is 0.131 e. The molecule has 0 aliphatic carbocycles. The summed E-state index contributed by atoms with van der Waals surface area (Å²) in [4.78, 5) is 0. The van der Waals surface area contributed by atoms with Crippen LogP contribution in [0.2, 0.25) is 5.04 Å². The van der Waals surface area contributed by atoms with Crippen LogP contribution in [0.3, 0.4) is 0 Å². The fraction of sp³-hybridized carbons (Fsp3) is 0.143. The fourth-order valence-electron chi connectivity index (χ4n) is 0.125. The van der Waals surface area contributed by atoms with Gasteiger partial charge >= 0.3 is 0 Å². The van der Waals surface area contributed by atoms with Crippen molar-refractivity contribution in [3.8, 4) is 37.0 Å². The molecule has 1 heteroatoms. The molecule has 0 aromatic rings. The predicted molar refractivity (Wildman–Crippen MR) is 34.9 cm³/mol. The van der Waals surface area contributed by atoms with Crippen LogP contribution in [0.15, 0.2) is 0 Å². The summed E-state index contributed by atoms with van der Waals surface area (Å²) in [5.41, 5.74) is 0. The van der Waals surface area contributed by atoms with Crippen molar-refractivity contribution in [2.24, 2.45) is 0 Å². The Bertz CT molecular complexity index is 158. The van der Waals surface area contributed by atoms with Crippen molar-refractivity contribution in [1.29, 1.82) is 0 Å². The summed E-state index contributed by atoms with van der Waals surface area (Å²) in [5.74, 6) is 6.66. The molecular weight excluding hydrogens is 112 g/mol. The molecule has 0 saturated carbocycles. The van der Waals surface area contributed by atoms with E-state index in [1.54, 1.807) is 0 Å². The number of rotatable bonds is 0. The van der Waals surface area contributed by atoms with Crippen molar-refractivity contribution in [2.45, 2.75) is 5.04 Å². The lowest BCUT2D eigenvalue weighted by molar-refractivity contribution is 1.27. The van der Waals surface area contributed by atoms with E-state index in [0.717, 1.165) is 0 Å². The summed E-state index contributed by atoms with van der Waals surface area (Å²) in [7, 11) is 3.02. The topological polar surface area (TPSA) is 0 Å². The third-order valence-corrected chi connectivity index (χ3v) is 1.08. The summed E-state index contributed by atoms with van der Waals surface area (Å²) < 4.78 is 0. The minimum absolute atomic E-state index is 0.986. The second kappa shape index (κ2) is 2.27. The largest absolute Gasteiger partial charge is 0.131 e. The maximum atomic E-state index is 4.94. The van der Waals surface area contributed by atoms with Crippen molar-refractivity contribution >= 4 is 10.2 Å². The first kappa shape index (κ1) is 6.90. The van der Waals surface area contributed by atoms with Crippen LogP contribution in [0, 0.1) is 37.0 Å². The van der Waals surface area contributed by atoms with Gasteiger partial charge in [0.1, 0.15) is 5.04 Å². The monoisotopic (exact) mass is 115 g/mol. The van der Waals surface area contributed by atoms with Gasteiger partial charge in [-0.3, -0.25) is 0 Å². The number of terminal acetylenes is 3. The van der Waals surface area contributed by atoms with Crippen LogP contribution >= 0.6 is 0 Å². The first-order valence-corrected chi connectivity index (χ1v) is 2.37. The quantitative estimate of drug-likeness (QED) is 0.313. The highest BCUT2D eigenvalue weighted by molar-refractivity contribution is 6.22. The molecule has 0 heterocycles. The molecule has 0 fully saturated rings. The molecule has 0 aliphatic heterocycles. The summed E-state index contributed by atoms with van der Waals surface area (Å²) in [6.45, 7) is 0. The van der Waals surface area contributed by atoms with Crippen LogP contribution in [-0.4, -0.2) is 10.2 Å². The van der Waals surface area contributed by atoms with E-state index in [4.69, 9.17) is 19.3 Å². The first-order valence-electron chi connectivity index (χ1n) is 1.87. The van der Waals surface area contributed by atoms with E-state index < -0.39 is 5.04 Å². The van der Waals surface area contributed by atoms with E-state index >= 15 is 0 Å². The van der Waals surface area contributed by atoms with Gasteiger partial charge in [0, 0.05) is 0 Å². The van der Waals surface area contributed by atoms with Gasteiger partial charge in [-0.2, -0.15) is 0 Å². The van der Waals surface area contributed by atoms with E-state index in [1.165, 1.54) is 0 Å². The molecule has 35 valence electrons. The summed E-state index contributed by atoms with van der Waals surface area (Å²) in [6, 6.07) is 0. The van der Waals surface area contributed by atoms with Gasteiger partial charge in [-0.15, -0.1) is 19.3 Å². The van der Waals surface area contributed by atoms with Gasteiger partial charge in [-0.05, 0) is 0 Å². The molecule has 0 spiro atoms. The Balaban J connectivity index is 4.42. The lowest BCUT2D eigenvalue weighted by atomic mass is 10.2. The molecule has 0 aliphatic rings. The standard InChI is InChI=1S/C7H3Si/c1-4-7(8,5-2)6-3/h1-3H. The molecular formula is C7H3Si. The molecule has 0 rings (SSSR count). The van der Waals surface area contributed by atoms with Gasteiger partial charge in [-0.1, -0.05) is 17.8 Å². The average Bonchev–Trinajstić information content (AvgIpc) is 1.87. The summed E-state index contributed by atoms with van der Waals surface area (Å²) in [6.07, 6.45) is 14.8. The molecule has 0 aromatic carbocycles. The predicted octanol–water partition coefficient (Wildman–Crippen LogP) is 0.213. The third-order valence-electron chi connectivity index (χ3n) is 0.650. The van der Waals surface area contributed by atoms with Crippen LogP contribution < -0.4 is 0 Å². The second-order valence-corrected chi connectivity index (χ2v) is 1.93. The van der Waals surface area contributed by atoms with E-state index in [2.05, 4.69) is 28.0 Å². The van der Waals surface area contributed by atoms with E-state index in [1.807, 2.05) is 0 Å². The van der Waals surface area contributed by atoms with E-state index in [0.29, 0.717) is 0 Å². The van der Waals surface area contributed by atoms with Crippen LogP contribution in [0.25, 0.3) is 0 Å². The maximum absolute atomic E-state index is 4.94. The molecule has 0 N–H and O–H groups in total. The molecule has 0 unspecified atom stereocenters. The number of hydrogen-bond acceptors (Lipinski definition) is 0. The minimum atomic E-state index is -0.986. The number of hydrogen-bond donors (Lipinski definition) is 0. The lowest BCUT2D eigenvalue weighted by Crippen LogP contribution is -2.01. The Kier molecular flexibility index (Phi) is 1.95. The zero-order valence-corrected chi connectivity index (χ0v) is 5.23. The smallest absolute Gasteiger partial charge is 0.118 e.